The number of anilines is 1. The van der Waals surface area contributed by atoms with Gasteiger partial charge in [0.25, 0.3) is 0 Å². The van der Waals surface area contributed by atoms with Crippen molar-refractivity contribution in [1.82, 2.24) is 0 Å². The smallest absolute Gasteiger partial charge is 0.335 e. The fraction of sp³-hybridized carbons (Fsp3) is 0.571. The zero-order valence-electron chi connectivity index (χ0n) is 15.2. The zero-order valence-corrected chi connectivity index (χ0v) is 15.2. The Labute approximate surface area is 149 Å². The lowest BCUT2D eigenvalue weighted by Gasteiger charge is -2.53. The molecular weight excluding hydrogens is 312 g/mol. The summed E-state index contributed by atoms with van der Waals surface area (Å²) in [5.74, 6) is -0.139. The normalized spacial score (nSPS) is 37.8. The molecule has 4 atom stereocenters. The average Bonchev–Trinajstić information content (AvgIpc) is 3.21. The van der Waals surface area contributed by atoms with Crippen LogP contribution in [0.25, 0.3) is 0 Å². The summed E-state index contributed by atoms with van der Waals surface area (Å²) in [5, 5.41) is 3.66. The fourth-order valence-electron chi connectivity index (χ4n) is 6.73. The highest BCUT2D eigenvalue weighted by atomic mass is 16.5. The topological polar surface area (TPSA) is 42.8 Å². The van der Waals surface area contributed by atoms with E-state index in [9.17, 15) is 4.79 Å². The summed E-state index contributed by atoms with van der Waals surface area (Å²) in [7, 11) is 1.52. The third-order valence-electron chi connectivity index (χ3n) is 7.61. The number of para-hydroxylation sites is 1. The third-order valence-corrected chi connectivity index (χ3v) is 7.61. The molecule has 2 saturated heterocycles. The SMILES string of the molecule is CCC12CCC[NH+]3CCC4(C(=C(C(=O)OC)C1)Nc1ccccc14)C32. The summed E-state index contributed by atoms with van der Waals surface area (Å²) in [4.78, 5) is 14.5. The van der Waals surface area contributed by atoms with Gasteiger partial charge in [-0.05, 0) is 37.3 Å². The van der Waals surface area contributed by atoms with Gasteiger partial charge in [-0.15, -0.1) is 0 Å². The molecule has 2 N–H and O–H groups in total. The Morgan fingerprint density at radius 1 is 1.32 bits per heavy atom. The van der Waals surface area contributed by atoms with Crippen molar-refractivity contribution in [2.24, 2.45) is 5.41 Å². The molecule has 0 amide bonds. The third kappa shape index (κ3) is 1.74. The minimum absolute atomic E-state index is 0.0237. The molecule has 132 valence electrons. The number of benzene rings is 1. The lowest BCUT2D eigenvalue weighted by atomic mass is 9.53. The van der Waals surface area contributed by atoms with Crippen LogP contribution in [-0.4, -0.2) is 32.2 Å². The molecular formula is C21H27N2O2+. The largest absolute Gasteiger partial charge is 0.466 e. The van der Waals surface area contributed by atoms with E-state index >= 15 is 0 Å². The molecule has 3 heterocycles. The van der Waals surface area contributed by atoms with Crippen LogP contribution in [0, 0.1) is 5.41 Å². The van der Waals surface area contributed by atoms with Gasteiger partial charge in [0.05, 0.1) is 31.2 Å². The quantitative estimate of drug-likeness (QED) is 0.810. The Hall–Kier alpha value is -1.81. The number of hydrogen-bond donors (Lipinski definition) is 2. The van der Waals surface area contributed by atoms with Gasteiger partial charge in [-0.2, -0.15) is 0 Å². The predicted octanol–water partition coefficient (Wildman–Crippen LogP) is 2.03. The lowest BCUT2D eigenvalue weighted by Crippen LogP contribution is -3.17. The molecule has 4 aliphatic rings. The first-order chi connectivity index (χ1) is 12.2. The Balaban J connectivity index is 1.81. The lowest BCUT2D eigenvalue weighted by molar-refractivity contribution is -0.929. The second kappa shape index (κ2) is 5.10. The molecule has 4 unspecified atom stereocenters. The van der Waals surface area contributed by atoms with Crippen LogP contribution < -0.4 is 10.2 Å². The number of carbonyl (C=O) groups is 1. The van der Waals surface area contributed by atoms with Crippen molar-refractivity contribution in [3.8, 4) is 0 Å². The Morgan fingerprint density at radius 2 is 2.16 bits per heavy atom. The molecule has 0 saturated carbocycles. The highest BCUT2D eigenvalue weighted by Gasteiger charge is 2.69. The van der Waals surface area contributed by atoms with Crippen LogP contribution in [0.5, 0.6) is 0 Å². The molecule has 4 nitrogen and oxygen atoms in total. The van der Waals surface area contributed by atoms with Crippen molar-refractivity contribution >= 4 is 11.7 Å². The molecule has 0 aromatic heterocycles. The van der Waals surface area contributed by atoms with Crippen LogP contribution in [0.2, 0.25) is 0 Å². The molecule has 25 heavy (non-hydrogen) atoms. The maximum absolute atomic E-state index is 12.7. The zero-order chi connectivity index (χ0) is 17.2. The Bertz CT molecular complexity index is 786. The van der Waals surface area contributed by atoms with Gasteiger partial charge in [-0.25, -0.2) is 4.79 Å². The number of ether oxygens (including phenoxy) is 1. The molecule has 5 rings (SSSR count). The monoisotopic (exact) mass is 339 g/mol. The first-order valence-electron chi connectivity index (χ1n) is 9.69. The summed E-state index contributed by atoms with van der Waals surface area (Å²) in [6.07, 6.45) is 5.64. The molecule has 0 radical (unpaired) electrons. The molecule has 3 aliphatic heterocycles. The molecule has 0 bridgehead atoms. The van der Waals surface area contributed by atoms with Crippen LogP contribution >= 0.6 is 0 Å². The predicted molar refractivity (Wildman–Crippen MR) is 96.5 cm³/mol. The van der Waals surface area contributed by atoms with Crippen LogP contribution in [0.1, 0.15) is 44.6 Å². The van der Waals surface area contributed by atoms with Crippen LogP contribution in [0.3, 0.4) is 0 Å². The molecule has 2 fully saturated rings. The van der Waals surface area contributed by atoms with E-state index in [1.54, 1.807) is 4.90 Å². The van der Waals surface area contributed by atoms with Crippen molar-refractivity contribution in [3.05, 3.63) is 41.1 Å². The number of rotatable bonds is 2. The van der Waals surface area contributed by atoms with Gasteiger partial charge in [0.1, 0.15) is 6.04 Å². The van der Waals surface area contributed by atoms with E-state index < -0.39 is 0 Å². The second-order valence-corrected chi connectivity index (χ2v) is 8.32. The van der Waals surface area contributed by atoms with Gasteiger partial charge in [0, 0.05) is 23.2 Å². The average molecular weight is 339 g/mol. The molecule has 1 aromatic carbocycles. The van der Waals surface area contributed by atoms with Gasteiger partial charge >= 0.3 is 5.97 Å². The van der Waals surface area contributed by atoms with E-state index in [4.69, 9.17) is 4.74 Å². The van der Waals surface area contributed by atoms with E-state index in [1.807, 2.05) is 0 Å². The number of quaternary nitrogens is 1. The number of carbonyl (C=O) groups excluding carboxylic acids is 1. The number of methoxy groups -OCH3 is 1. The number of piperidine rings is 1. The number of hydrogen-bond acceptors (Lipinski definition) is 3. The van der Waals surface area contributed by atoms with E-state index in [0.29, 0.717) is 6.04 Å². The first kappa shape index (κ1) is 15.4. The first-order valence-corrected chi connectivity index (χ1v) is 9.69. The fourth-order valence-corrected chi connectivity index (χ4v) is 6.73. The van der Waals surface area contributed by atoms with Crippen molar-refractivity contribution < 1.29 is 14.4 Å². The van der Waals surface area contributed by atoms with Crippen LogP contribution in [-0.2, 0) is 14.9 Å². The van der Waals surface area contributed by atoms with Gasteiger partial charge in [0.2, 0.25) is 0 Å². The highest BCUT2D eigenvalue weighted by Crippen LogP contribution is 2.61. The summed E-state index contributed by atoms with van der Waals surface area (Å²) in [6.45, 7) is 4.81. The number of esters is 1. The number of nitrogens with one attached hydrogen (secondary N) is 2. The number of fused-ring (bicyclic) bond motifs is 1. The van der Waals surface area contributed by atoms with Gasteiger partial charge in [0.15, 0.2) is 0 Å². The van der Waals surface area contributed by atoms with Crippen molar-refractivity contribution in [3.63, 3.8) is 0 Å². The Morgan fingerprint density at radius 3 is 2.96 bits per heavy atom. The van der Waals surface area contributed by atoms with E-state index in [2.05, 4.69) is 36.5 Å². The van der Waals surface area contributed by atoms with Crippen molar-refractivity contribution in [1.29, 1.82) is 0 Å². The molecule has 4 heteroatoms. The standard InChI is InChI=1S/C21H26N2O2/c1-3-20-9-6-11-23-12-10-21(19(20)23)15-7-4-5-8-16(15)22-17(21)14(13-20)18(24)25-2/h4-5,7-8,19,22H,3,6,9-13H2,1-2H3/p+1. The molecule has 1 aromatic rings. The van der Waals surface area contributed by atoms with Crippen molar-refractivity contribution in [2.75, 3.05) is 25.5 Å². The summed E-state index contributed by atoms with van der Waals surface area (Å²) < 4.78 is 5.23. The van der Waals surface area contributed by atoms with Gasteiger partial charge in [-0.1, -0.05) is 25.1 Å². The van der Waals surface area contributed by atoms with E-state index in [-0.39, 0.29) is 16.8 Å². The Kier molecular flexibility index (Phi) is 3.15. The van der Waals surface area contributed by atoms with Crippen LogP contribution in [0.4, 0.5) is 5.69 Å². The minimum atomic E-state index is -0.139. The maximum atomic E-state index is 12.7. The molecule has 1 spiro atoms. The van der Waals surface area contributed by atoms with Crippen LogP contribution in [0.15, 0.2) is 35.5 Å². The summed E-state index contributed by atoms with van der Waals surface area (Å²) >= 11 is 0. The second-order valence-electron chi connectivity index (χ2n) is 8.32. The van der Waals surface area contributed by atoms with Crippen molar-refractivity contribution in [2.45, 2.75) is 50.5 Å². The van der Waals surface area contributed by atoms with Gasteiger partial charge < -0.3 is 15.0 Å². The van der Waals surface area contributed by atoms with E-state index in [1.165, 1.54) is 44.3 Å². The maximum Gasteiger partial charge on any atom is 0.335 e. The molecule has 1 aliphatic carbocycles. The summed E-state index contributed by atoms with van der Waals surface area (Å²) in [5.41, 5.74) is 4.86. The highest BCUT2D eigenvalue weighted by molar-refractivity contribution is 5.93. The van der Waals surface area contributed by atoms with E-state index in [0.717, 1.165) is 30.5 Å². The van der Waals surface area contributed by atoms with Gasteiger partial charge in [-0.3, -0.25) is 0 Å². The minimum Gasteiger partial charge on any atom is -0.466 e. The summed E-state index contributed by atoms with van der Waals surface area (Å²) in [6, 6.07) is 9.27.